The van der Waals surface area contributed by atoms with Crippen molar-refractivity contribution in [1.29, 1.82) is 0 Å². The van der Waals surface area contributed by atoms with Gasteiger partial charge in [0.25, 0.3) is 5.91 Å². The highest BCUT2D eigenvalue weighted by atomic mass is 35.5. The molecule has 0 atom stereocenters. The first-order valence-electron chi connectivity index (χ1n) is 9.44. The molecule has 0 aliphatic carbocycles. The van der Waals surface area contributed by atoms with Crippen molar-refractivity contribution in [2.45, 2.75) is 51.9 Å². The van der Waals surface area contributed by atoms with E-state index in [-0.39, 0.29) is 28.4 Å². The molecule has 0 bridgehead atoms. The molecule has 0 spiro atoms. The third kappa shape index (κ3) is 5.70. The molecule has 0 N–H and O–H groups in total. The SMILES string of the molecule is CCCCCCCOC(=O)C1CCN(C(=O)c2cccc(Cl)c2F)CC1. The number of esters is 1. The standard InChI is InChI=1S/C20H27ClFNO3/c1-2-3-4-5-6-14-26-20(25)15-10-12-23(13-11-15)19(24)16-8-7-9-17(21)18(16)22/h7-9,15H,2-6,10-14H2,1H3. The van der Waals surface area contributed by atoms with Crippen LogP contribution in [0.25, 0.3) is 0 Å². The van der Waals surface area contributed by atoms with Gasteiger partial charge in [-0.05, 0) is 31.4 Å². The van der Waals surface area contributed by atoms with Gasteiger partial charge in [-0.1, -0.05) is 50.3 Å². The number of unbranched alkanes of at least 4 members (excludes halogenated alkanes) is 4. The minimum absolute atomic E-state index is 0.0226. The van der Waals surface area contributed by atoms with Crippen LogP contribution in [0, 0.1) is 11.7 Å². The van der Waals surface area contributed by atoms with Gasteiger partial charge in [0.15, 0.2) is 5.82 Å². The Morgan fingerprint density at radius 2 is 1.88 bits per heavy atom. The van der Waals surface area contributed by atoms with E-state index in [1.54, 1.807) is 11.0 Å². The van der Waals surface area contributed by atoms with E-state index in [1.165, 1.54) is 31.4 Å². The molecule has 6 heteroatoms. The molecule has 1 saturated heterocycles. The summed E-state index contributed by atoms with van der Waals surface area (Å²) in [7, 11) is 0. The fourth-order valence-corrected chi connectivity index (χ4v) is 3.33. The Morgan fingerprint density at radius 3 is 2.58 bits per heavy atom. The molecule has 1 aliphatic heterocycles. The molecule has 1 aliphatic rings. The smallest absolute Gasteiger partial charge is 0.309 e. The third-order valence-corrected chi connectivity index (χ3v) is 5.08. The molecular weight excluding hydrogens is 357 g/mol. The monoisotopic (exact) mass is 383 g/mol. The summed E-state index contributed by atoms with van der Waals surface area (Å²) < 4.78 is 19.4. The molecule has 4 nitrogen and oxygen atoms in total. The van der Waals surface area contributed by atoms with Gasteiger partial charge in [-0.2, -0.15) is 0 Å². The number of hydrogen-bond donors (Lipinski definition) is 0. The number of carbonyl (C=O) groups excluding carboxylic acids is 2. The Kier molecular flexibility index (Phi) is 8.36. The van der Waals surface area contributed by atoms with E-state index in [0.29, 0.717) is 32.5 Å². The number of hydrogen-bond acceptors (Lipinski definition) is 3. The van der Waals surface area contributed by atoms with Gasteiger partial charge in [0, 0.05) is 13.1 Å². The summed E-state index contributed by atoms with van der Waals surface area (Å²) in [4.78, 5) is 26.2. The maximum Gasteiger partial charge on any atom is 0.309 e. The number of rotatable bonds is 8. The Morgan fingerprint density at radius 1 is 1.19 bits per heavy atom. The number of amides is 1. The summed E-state index contributed by atoms with van der Waals surface area (Å²) in [6.07, 6.45) is 6.65. The lowest BCUT2D eigenvalue weighted by molar-refractivity contribution is -0.150. The van der Waals surface area contributed by atoms with Crippen LogP contribution in [0.4, 0.5) is 4.39 Å². The number of halogens is 2. The Hall–Kier alpha value is -1.62. The van der Waals surface area contributed by atoms with Crippen molar-refractivity contribution in [3.8, 4) is 0 Å². The zero-order valence-electron chi connectivity index (χ0n) is 15.3. The number of ether oxygens (including phenoxy) is 1. The predicted molar refractivity (Wildman–Crippen MR) is 99.8 cm³/mol. The molecule has 1 fully saturated rings. The second-order valence-electron chi connectivity index (χ2n) is 6.75. The molecule has 144 valence electrons. The van der Waals surface area contributed by atoms with Crippen LogP contribution in [0.1, 0.15) is 62.2 Å². The quantitative estimate of drug-likeness (QED) is 0.476. The molecule has 26 heavy (non-hydrogen) atoms. The first kappa shape index (κ1) is 20.7. The lowest BCUT2D eigenvalue weighted by atomic mass is 9.96. The molecule has 0 unspecified atom stereocenters. The van der Waals surface area contributed by atoms with Crippen molar-refractivity contribution in [2.24, 2.45) is 5.92 Å². The second-order valence-corrected chi connectivity index (χ2v) is 7.16. The molecule has 0 saturated carbocycles. The van der Waals surface area contributed by atoms with Crippen molar-refractivity contribution in [1.82, 2.24) is 4.90 Å². The Labute approximate surface area is 159 Å². The van der Waals surface area contributed by atoms with Crippen LogP contribution >= 0.6 is 11.6 Å². The highest BCUT2D eigenvalue weighted by Gasteiger charge is 2.29. The van der Waals surface area contributed by atoms with Crippen molar-refractivity contribution >= 4 is 23.5 Å². The maximum atomic E-state index is 14.0. The number of carbonyl (C=O) groups is 2. The van der Waals surface area contributed by atoms with E-state index >= 15 is 0 Å². The van der Waals surface area contributed by atoms with Crippen LogP contribution in [0.3, 0.4) is 0 Å². The van der Waals surface area contributed by atoms with Gasteiger partial charge in [-0.15, -0.1) is 0 Å². The van der Waals surface area contributed by atoms with E-state index in [1.807, 2.05) is 0 Å². The predicted octanol–water partition coefficient (Wildman–Crippen LogP) is 4.84. The van der Waals surface area contributed by atoms with Crippen molar-refractivity contribution in [3.05, 3.63) is 34.6 Å². The van der Waals surface area contributed by atoms with Gasteiger partial charge in [-0.3, -0.25) is 9.59 Å². The average molecular weight is 384 g/mol. The van der Waals surface area contributed by atoms with E-state index in [2.05, 4.69) is 6.92 Å². The summed E-state index contributed by atoms with van der Waals surface area (Å²) >= 11 is 5.74. The summed E-state index contributed by atoms with van der Waals surface area (Å²) in [6.45, 7) is 3.47. The second kappa shape index (κ2) is 10.5. The highest BCUT2D eigenvalue weighted by Crippen LogP contribution is 2.23. The van der Waals surface area contributed by atoms with Gasteiger partial charge in [-0.25, -0.2) is 4.39 Å². The zero-order chi connectivity index (χ0) is 18.9. The van der Waals surface area contributed by atoms with Crippen molar-refractivity contribution < 1.29 is 18.7 Å². The Bertz CT molecular complexity index is 615. The zero-order valence-corrected chi connectivity index (χ0v) is 16.1. The number of piperidine rings is 1. The van der Waals surface area contributed by atoms with Crippen molar-refractivity contribution in [3.63, 3.8) is 0 Å². The minimum atomic E-state index is -0.691. The largest absolute Gasteiger partial charge is 0.465 e. The first-order valence-corrected chi connectivity index (χ1v) is 9.82. The van der Waals surface area contributed by atoms with Gasteiger partial charge < -0.3 is 9.64 Å². The number of likely N-dealkylation sites (tertiary alicyclic amines) is 1. The highest BCUT2D eigenvalue weighted by molar-refractivity contribution is 6.31. The minimum Gasteiger partial charge on any atom is -0.465 e. The summed E-state index contributed by atoms with van der Waals surface area (Å²) in [5.74, 6) is -1.43. The summed E-state index contributed by atoms with van der Waals surface area (Å²) in [6, 6.07) is 4.41. The molecule has 2 rings (SSSR count). The van der Waals surface area contributed by atoms with Crippen LogP contribution in [-0.4, -0.2) is 36.5 Å². The Balaban J connectivity index is 1.75. The molecule has 1 aromatic rings. The summed E-state index contributed by atoms with van der Waals surface area (Å²) in [5, 5.41) is -0.0618. The first-order chi connectivity index (χ1) is 12.5. The fourth-order valence-electron chi connectivity index (χ4n) is 3.15. The normalized spacial score (nSPS) is 15.1. The molecule has 1 aromatic carbocycles. The van der Waals surface area contributed by atoms with Crippen LogP contribution in [0.2, 0.25) is 5.02 Å². The molecule has 0 radical (unpaired) electrons. The van der Waals surface area contributed by atoms with Crippen LogP contribution < -0.4 is 0 Å². The van der Waals surface area contributed by atoms with E-state index in [9.17, 15) is 14.0 Å². The average Bonchev–Trinajstić information content (AvgIpc) is 2.66. The van der Waals surface area contributed by atoms with Gasteiger partial charge in [0.05, 0.1) is 23.1 Å². The number of benzene rings is 1. The lowest BCUT2D eigenvalue weighted by Gasteiger charge is -2.31. The number of nitrogens with zero attached hydrogens (tertiary/aromatic N) is 1. The molecule has 1 amide bonds. The van der Waals surface area contributed by atoms with Gasteiger partial charge in [0.2, 0.25) is 0 Å². The van der Waals surface area contributed by atoms with Gasteiger partial charge in [0.1, 0.15) is 0 Å². The van der Waals surface area contributed by atoms with E-state index < -0.39 is 5.82 Å². The molecule has 1 heterocycles. The molecule has 0 aromatic heterocycles. The van der Waals surface area contributed by atoms with Crippen molar-refractivity contribution in [2.75, 3.05) is 19.7 Å². The van der Waals surface area contributed by atoms with Gasteiger partial charge >= 0.3 is 5.97 Å². The molecular formula is C20H27ClFNO3. The summed E-state index contributed by atoms with van der Waals surface area (Å²) in [5.41, 5.74) is -0.0226. The third-order valence-electron chi connectivity index (χ3n) is 4.79. The van der Waals surface area contributed by atoms with Crippen LogP contribution in [0.5, 0.6) is 0 Å². The van der Waals surface area contributed by atoms with Crippen LogP contribution in [-0.2, 0) is 9.53 Å². The van der Waals surface area contributed by atoms with E-state index in [0.717, 1.165) is 12.8 Å². The topological polar surface area (TPSA) is 46.6 Å². The lowest BCUT2D eigenvalue weighted by Crippen LogP contribution is -2.41. The maximum absolute atomic E-state index is 14.0. The van der Waals surface area contributed by atoms with Crippen LogP contribution in [0.15, 0.2) is 18.2 Å². The fraction of sp³-hybridized carbons (Fsp3) is 0.600. The van der Waals surface area contributed by atoms with E-state index in [4.69, 9.17) is 16.3 Å².